The molecule has 0 aliphatic rings. The molecule has 0 aromatic carbocycles. The summed E-state index contributed by atoms with van der Waals surface area (Å²) in [4.78, 5) is 4.32. The molecule has 0 spiro atoms. The molecule has 2 heterocycles. The van der Waals surface area contributed by atoms with Gasteiger partial charge in [0.1, 0.15) is 0 Å². The molecule has 0 saturated carbocycles. The van der Waals surface area contributed by atoms with Crippen molar-refractivity contribution in [1.82, 2.24) is 19.5 Å². The van der Waals surface area contributed by atoms with Gasteiger partial charge in [0.15, 0.2) is 5.03 Å². The van der Waals surface area contributed by atoms with E-state index in [9.17, 15) is 13.5 Å². The third-order valence-corrected chi connectivity index (χ3v) is 5.02. The molecule has 0 atom stereocenters. The molecule has 21 heavy (non-hydrogen) atoms. The molecule has 0 fully saturated rings. The Bertz CT molecular complexity index is 712. The number of nitrogens with zero attached hydrogens (tertiary/aromatic N) is 3. The van der Waals surface area contributed by atoms with E-state index in [0.717, 1.165) is 5.69 Å². The van der Waals surface area contributed by atoms with Gasteiger partial charge in [-0.25, -0.2) is 8.42 Å². The highest BCUT2D eigenvalue weighted by Crippen LogP contribution is 2.19. The average molecular weight is 310 g/mol. The molecule has 0 aliphatic carbocycles. The summed E-state index contributed by atoms with van der Waals surface area (Å²) in [6, 6.07) is 5.48. The van der Waals surface area contributed by atoms with Crippen LogP contribution in [-0.2, 0) is 23.2 Å². The van der Waals surface area contributed by atoms with E-state index in [2.05, 4.69) is 15.2 Å². The van der Waals surface area contributed by atoms with E-state index in [1.54, 1.807) is 13.0 Å². The lowest BCUT2D eigenvalue weighted by atomic mass is 10.3. The minimum absolute atomic E-state index is 0.0699. The molecule has 2 N–H and O–H groups in total. The van der Waals surface area contributed by atoms with E-state index in [-0.39, 0.29) is 23.7 Å². The molecule has 2 rings (SSSR count). The van der Waals surface area contributed by atoms with Crippen molar-refractivity contribution in [3.63, 3.8) is 0 Å². The van der Waals surface area contributed by atoms with Gasteiger partial charge in [-0.05, 0) is 19.1 Å². The first-order chi connectivity index (χ1) is 9.98. The summed E-state index contributed by atoms with van der Waals surface area (Å²) in [5.41, 5.74) is 1.76. The number of rotatable bonds is 6. The van der Waals surface area contributed by atoms with Crippen molar-refractivity contribution < 1.29 is 13.5 Å². The maximum absolute atomic E-state index is 12.6. The average Bonchev–Trinajstić information content (AvgIpc) is 2.94. The summed E-state index contributed by atoms with van der Waals surface area (Å²) in [6.45, 7) is 3.69. The number of H-pyrrole nitrogens is 1. The number of pyridine rings is 1. The lowest BCUT2D eigenvalue weighted by Gasteiger charge is -2.19. The van der Waals surface area contributed by atoms with Crippen molar-refractivity contribution in [3.05, 3.63) is 41.3 Å². The van der Waals surface area contributed by atoms with E-state index in [1.165, 1.54) is 10.5 Å². The van der Waals surface area contributed by atoms with E-state index < -0.39 is 10.0 Å². The fourth-order valence-corrected chi connectivity index (χ4v) is 3.52. The molecule has 0 saturated heterocycles. The Kier molecular flexibility index (Phi) is 4.71. The molecular weight excluding hydrogens is 292 g/mol. The third-order valence-electron chi connectivity index (χ3n) is 3.08. The lowest BCUT2D eigenvalue weighted by Crippen LogP contribution is -2.31. The van der Waals surface area contributed by atoms with Crippen molar-refractivity contribution >= 4 is 10.0 Å². The zero-order valence-electron chi connectivity index (χ0n) is 11.9. The number of aliphatic hydroxyl groups excluding tert-OH is 1. The maximum Gasteiger partial charge on any atom is 0.260 e. The second-order valence-electron chi connectivity index (χ2n) is 4.58. The summed E-state index contributed by atoms with van der Waals surface area (Å²) < 4.78 is 26.5. The number of aliphatic hydroxyl groups is 1. The fraction of sp³-hybridized carbons (Fsp3) is 0.385. The molecule has 7 nitrogen and oxygen atoms in total. The molecule has 2 aromatic heterocycles. The number of aryl methyl sites for hydroxylation is 1. The molecule has 114 valence electrons. The molecule has 0 unspecified atom stereocenters. The first-order valence-corrected chi connectivity index (χ1v) is 7.98. The summed E-state index contributed by atoms with van der Waals surface area (Å²) in [7, 11) is -3.75. The largest absolute Gasteiger partial charge is 0.392 e. The Balaban J connectivity index is 2.32. The summed E-state index contributed by atoms with van der Waals surface area (Å²) in [6.07, 6.45) is 1.31. The van der Waals surface area contributed by atoms with Crippen LogP contribution in [0.4, 0.5) is 0 Å². The predicted octanol–water partition coefficient (Wildman–Crippen LogP) is 0.816. The van der Waals surface area contributed by atoms with Crippen LogP contribution in [0, 0.1) is 6.92 Å². The van der Waals surface area contributed by atoms with Gasteiger partial charge in [0.2, 0.25) is 0 Å². The van der Waals surface area contributed by atoms with E-state index >= 15 is 0 Å². The molecule has 0 radical (unpaired) electrons. The van der Waals surface area contributed by atoms with Crippen molar-refractivity contribution in [2.24, 2.45) is 0 Å². The van der Waals surface area contributed by atoms with Gasteiger partial charge in [-0.2, -0.15) is 9.40 Å². The number of aromatic amines is 1. The van der Waals surface area contributed by atoms with Crippen molar-refractivity contribution in [3.8, 4) is 0 Å². The van der Waals surface area contributed by atoms with E-state index in [4.69, 9.17) is 0 Å². The smallest absolute Gasteiger partial charge is 0.260 e. The third kappa shape index (κ3) is 3.29. The van der Waals surface area contributed by atoms with Crippen LogP contribution in [0.25, 0.3) is 0 Å². The number of hydrogen-bond donors (Lipinski definition) is 2. The van der Waals surface area contributed by atoms with Crippen LogP contribution >= 0.6 is 0 Å². The number of aromatic nitrogens is 3. The van der Waals surface area contributed by atoms with Gasteiger partial charge in [-0.15, -0.1) is 0 Å². The van der Waals surface area contributed by atoms with Gasteiger partial charge in [0.05, 0.1) is 25.0 Å². The van der Waals surface area contributed by atoms with Crippen molar-refractivity contribution in [2.45, 2.75) is 32.0 Å². The van der Waals surface area contributed by atoms with Gasteiger partial charge in [0.25, 0.3) is 10.0 Å². The number of sulfonamides is 1. The fourth-order valence-electron chi connectivity index (χ4n) is 2.00. The maximum atomic E-state index is 12.6. The second-order valence-corrected chi connectivity index (χ2v) is 6.46. The number of nitrogens with one attached hydrogen (secondary N) is 1. The summed E-state index contributed by atoms with van der Waals surface area (Å²) >= 11 is 0. The Morgan fingerprint density at radius 2 is 2.14 bits per heavy atom. The van der Waals surface area contributed by atoms with Gasteiger partial charge in [-0.3, -0.25) is 10.1 Å². The quantitative estimate of drug-likeness (QED) is 0.823. The molecule has 2 aromatic rings. The molecule has 0 aliphatic heterocycles. The Hall–Kier alpha value is -1.77. The molecule has 0 amide bonds. The van der Waals surface area contributed by atoms with Gasteiger partial charge < -0.3 is 5.11 Å². The van der Waals surface area contributed by atoms with E-state index in [1.807, 2.05) is 19.1 Å². The van der Waals surface area contributed by atoms with Crippen molar-refractivity contribution in [1.29, 1.82) is 0 Å². The van der Waals surface area contributed by atoms with E-state index in [0.29, 0.717) is 12.2 Å². The molecule has 8 heteroatoms. The first-order valence-electron chi connectivity index (χ1n) is 6.54. The van der Waals surface area contributed by atoms with Crippen LogP contribution in [-0.4, -0.2) is 39.6 Å². The standard InChI is InChI=1S/C13H18N4O3S/c1-3-17(8-12-6-4-5-10(2)15-12)21(19,20)13-11(9-18)7-14-16-13/h4-7,18H,3,8-9H2,1-2H3,(H,14,16). The summed E-state index contributed by atoms with van der Waals surface area (Å²) in [5.74, 6) is 0. The van der Waals surface area contributed by atoms with Crippen LogP contribution in [0.3, 0.4) is 0 Å². The normalized spacial score (nSPS) is 12.0. The van der Waals surface area contributed by atoms with Crippen LogP contribution in [0.1, 0.15) is 23.9 Å². The minimum Gasteiger partial charge on any atom is -0.392 e. The first kappa shape index (κ1) is 15.6. The zero-order chi connectivity index (χ0) is 15.5. The second kappa shape index (κ2) is 6.33. The summed E-state index contributed by atoms with van der Waals surface area (Å²) in [5, 5.41) is 15.3. The number of hydrogen-bond acceptors (Lipinski definition) is 5. The van der Waals surface area contributed by atoms with Gasteiger partial charge >= 0.3 is 0 Å². The van der Waals surface area contributed by atoms with Crippen LogP contribution < -0.4 is 0 Å². The van der Waals surface area contributed by atoms with Crippen LogP contribution in [0.15, 0.2) is 29.4 Å². The van der Waals surface area contributed by atoms with Crippen LogP contribution in [0.2, 0.25) is 0 Å². The van der Waals surface area contributed by atoms with Crippen molar-refractivity contribution in [2.75, 3.05) is 6.54 Å². The van der Waals surface area contributed by atoms with Gasteiger partial charge in [0, 0.05) is 17.8 Å². The molecule has 0 bridgehead atoms. The Morgan fingerprint density at radius 1 is 1.38 bits per heavy atom. The van der Waals surface area contributed by atoms with Crippen LogP contribution in [0.5, 0.6) is 0 Å². The minimum atomic E-state index is -3.75. The Labute approximate surface area is 123 Å². The SMILES string of the molecule is CCN(Cc1cccc(C)n1)S(=O)(=O)c1[nH]ncc1CO. The highest BCUT2D eigenvalue weighted by molar-refractivity contribution is 7.89. The highest BCUT2D eigenvalue weighted by atomic mass is 32.2. The zero-order valence-corrected chi connectivity index (χ0v) is 12.8. The Morgan fingerprint density at radius 3 is 2.76 bits per heavy atom. The topological polar surface area (TPSA) is 99.2 Å². The monoisotopic (exact) mass is 310 g/mol. The predicted molar refractivity (Wildman–Crippen MR) is 76.8 cm³/mol. The molecular formula is C13H18N4O3S. The van der Waals surface area contributed by atoms with Gasteiger partial charge in [-0.1, -0.05) is 13.0 Å². The highest BCUT2D eigenvalue weighted by Gasteiger charge is 2.27. The lowest BCUT2D eigenvalue weighted by molar-refractivity contribution is 0.278.